The van der Waals surface area contributed by atoms with Crippen LogP contribution in [0.15, 0.2) is 23.1 Å². The van der Waals surface area contributed by atoms with E-state index in [4.69, 9.17) is 5.26 Å². The van der Waals surface area contributed by atoms with Gasteiger partial charge in [-0.05, 0) is 36.7 Å². The van der Waals surface area contributed by atoms with Crippen LogP contribution in [0.25, 0.3) is 0 Å². The fraction of sp³-hybridized carbons (Fsp3) is 0.364. The molecular weight excluding hydrogens is 235 g/mol. The standard InChI is InChI=1S/C11H10F3NS/c1-8-4-5-10(16-11(12,13)14)9(7-8)3-2-6-15/h4-5,7H,2-3H2,1H3. The van der Waals surface area contributed by atoms with Crippen molar-refractivity contribution in [2.45, 2.75) is 30.2 Å². The summed E-state index contributed by atoms with van der Waals surface area (Å²) < 4.78 is 36.7. The second-order valence-corrected chi connectivity index (χ2v) is 4.42. The highest BCUT2D eigenvalue weighted by molar-refractivity contribution is 8.00. The Bertz CT molecular complexity index is 407. The predicted octanol–water partition coefficient (Wildman–Crippen LogP) is 4.06. The van der Waals surface area contributed by atoms with Crippen LogP contribution in [0.5, 0.6) is 0 Å². The fourth-order valence-electron chi connectivity index (χ4n) is 1.32. The summed E-state index contributed by atoms with van der Waals surface area (Å²) in [5.74, 6) is 0. The lowest BCUT2D eigenvalue weighted by Crippen LogP contribution is -2.01. The molecule has 0 saturated carbocycles. The van der Waals surface area contributed by atoms with E-state index in [-0.39, 0.29) is 23.1 Å². The van der Waals surface area contributed by atoms with Gasteiger partial charge in [0.05, 0.1) is 6.07 Å². The van der Waals surface area contributed by atoms with E-state index in [9.17, 15) is 13.2 Å². The summed E-state index contributed by atoms with van der Waals surface area (Å²) in [6.45, 7) is 1.82. The number of benzene rings is 1. The molecule has 0 aliphatic heterocycles. The molecule has 0 unspecified atom stereocenters. The normalized spacial score (nSPS) is 11.2. The molecule has 1 rings (SSSR count). The number of hydrogen-bond donors (Lipinski definition) is 0. The Hall–Kier alpha value is -1.15. The van der Waals surface area contributed by atoms with E-state index in [0.717, 1.165) is 5.56 Å². The zero-order valence-corrected chi connectivity index (χ0v) is 9.45. The molecule has 0 aliphatic rings. The zero-order chi connectivity index (χ0) is 12.2. The van der Waals surface area contributed by atoms with Gasteiger partial charge in [-0.2, -0.15) is 18.4 Å². The first kappa shape index (κ1) is 12.9. The molecule has 0 aliphatic carbocycles. The highest BCUT2D eigenvalue weighted by atomic mass is 32.2. The third kappa shape index (κ3) is 4.15. The van der Waals surface area contributed by atoms with Crippen molar-refractivity contribution >= 4 is 11.8 Å². The first-order chi connectivity index (χ1) is 7.42. The Labute approximate surface area is 96.3 Å². The van der Waals surface area contributed by atoms with Gasteiger partial charge in [0.1, 0.15) is 0 Å². The lowest BCUT2D eigenvalue weighted by Gasteiger charge is -2.10. The van der Waals surface area contributed by atoms with Crippen molar-refractivity contribution in [1.29, 1.82) is 5.26 Å². The Morgan fingerprint density at radius 1 is 1.38 bits per heavy atom. The van der Waals surface area contributed by atoms with E-state index in [1.165, 1.54) is 6.07 Å². The van der Waals surface area contributed by atoms with Gasteiger partial charge in [0, 0.05) is 11.3 Å². The van der Waals surface area contributed by atoms with Gasteiger partial charge in [-0.1, -0.05) is 17.7 Å². The van der Waals surface area contributed by atoms with Gasteiger partial charge in [-0.15, -0.1) is 0 Å². The molecule has 0 spiro atoms. The van der Waals surface area contributed by atoms with Crippen molar-refractivity contribution in [3.63, 3.8) is 0 Å². The minimum atomic E-state index is -4.28. The number of aryl methyl sites for hydroxylation is 2. The molecule has 0 fully saturated rings. The molecule has 0 N–H and O–H groups in total. The molecule has 0 saturated heterocycles. The molecule has 16 heavy (non-hydrogen) atoms. The number of thioether (sulfide) groups is 1. The van der Waals surface area contributed by atoms with Crippen LogP contribution in [0.4, 0.5) is 13.2 Å². The lowest BCUT2D eigenvalue weighted by molar-refractivity contribution is -0.0328. The highest BCUT2D eigenvalue weighted by Crippen LogP contribution is 2.39. The van der Waals surface area contributed by atoms with Gasteiger partial charge in [0.25, 0.3) is 0 Å². The molecule has 0 heterocycles. The van der Waals surface area contributed by atoms with E-state index in [2.05, 4.69) is 0 Å². The van der Waals surface area contributed by atoms with Crippen molar-refractivity contribution < 1.29 is 13.2 Å². The van der Waals surface area contributed by atoms with E-state index in [0.29, 0.717) is 12.0 Å². The number of rotatable bonds is 3. The van der Waals surface area contributed by atoms with Crippen molar-refractivity contribution in [2.75, 3.05) is 0 Å². The van der Waals surface area contributed by atoms with Crippen LogP contribution in [0, 0.1) is 18.3 Å². The molecule has 86 valence electrons. The Morgan fingerprint density at radius 3 is 2.62 bits per heavy atom. The summed E-state index contributed by atoms with van der Waals surface area (Å²) in [6.07, 6.45) is 0.589. The summed E-state index contributed by atoms with van der Waals surface area (Å²) in [5, 5.41) is 8.44. The molecule has 0 amide bonds. The van der Waals surface area contributed by atoms with Gasteiger partial charge >= 0.3 is 5.51 Å². The van der Waals surface area contributed by atoms with Gasteiger partial charge in [-0.25, -0.2) is 0 Å². The van der Waals surface area contributed by atoms with Gasteiger partial charge in [0.15, 0.2) is 0 Å². The van der Waals surface area contributed by atoms with Crippen LogP contribution in [0.1, 0.15) is 17.5 Å². The number of hydrogen-bond acceptors (Lipinski definition) is 2. The molecule has 1 aromatic rings. The quantitative estimate of drug-likeness (QED) is 0.750. The van der Waals surface area contributed by atoms with E-state index >= 15 is 0 Å². The Balaban J connectivity index is 2.94. The van der Waals surface area contributed by atoms with Crippen LogP contribution in [-0.2, 0) is 6.42 Å². The maximum atomic E-state index is 12.2. The average Bonchev–Trinajstić information content (AvgIpc) is 2.16. The molecule has 1 nitrogen and oxygen atoms in total. The molecule has 0 aromatic heterocycles. The summed E-state index contributed by atoms with van der Waals surface area (Å²) in [5.41, 5.74) is -2.79. The van der Waals surface area contributed by atoms with Crippen LogP contribution < -0.4 is 0 Å². The van der Waals surface area contributed by atoms with Crippen LogP contribution >= 0.6 is 11.8 Å². The zero-order valence-electron chi connectivity index (χ0n) is 8.64. The first-order valence-electron chi connectivity index (χ1n) is 4.64. The maximum Gasteiger partial charge on any atom is 0.446 e. The minimum absolute atomic E-state index is 0.123. The number of halogens is 3. The van der Waals surface area contributed by atoms with E-state index in [1.54, 1.807) is 12.1 Å². The van der Waals surface area contributed by atoms with E-state index < -0.39 is 5.51 Å². The molecule has 5 heteroatoms. The topological polar surface area (TPSA) is 23.8 Å². The Morgan fingerprint density at radius 2 is 2.06 bits per heavy atom. The molecular formula is C11H10F3NS. The maximum absolute atomic E-state index is 12.2. The number of nitriles is 1. The van der Waals surface area contributed by atoms with Crippen molar-refractivity contribution in [2.24, 2.45) is 0 Å². The van der Waals surface area contributed by atoms with Crippen LogP contribution in [-0.4, -0.2) is 5.51 Å². The van der Waals surface area contributed by atoms with Gasteiger partial charge in [0.2, 0.25) is 0 Å². The third-order valence-corrected chi connectivity index (χ3v) is 2.80. The second kappa shape index (κ2) is 5.26. The molecule has 0 bridgehead atoms. The second-order valence-electron chi connectivity index (χ2n) is 3.32. The summed E-state index contributed by atoms with van der Waals surface area (Å²) >= 11 is -0.123. The minimum Gasteiger partial charge on any atom is -0.198 e. The van der Waals surface area contributed by atoms with Crippen molar-refractivity contribution in [3.05, 3.63) is 29.3 Å². The predicted molar refractivity (Wildman–Crippen MR) is 57.0 cm³/mol. The fourth-order valence-corrected chi connectivity index (χ4v) is 2.00. The number of nitrogens with zero attached hydrogens (tertiary/aromatic N) is 1. The molecule has 0 atom stereocenters. The highest BCUT2D eigenvalue weighted by Gasteiger charge is 2.30. The lowest BCUT2D eigenvalue weighted by atomic mass is 10.1. The van der Waals surface area contributed by atoms with Gasteiger partial charge < -0.3 is 0 Å². The SMILES string of the molecule is Cc1ccc(SC(F)(F)F)c(CCC#N)c1. The monoisotopic (exact) mass is 245 g/mol. The Kier molecular flexibility index (Phi) is 4.25. The number of alkyl halides is 3. The largest absolute Gasteiger partial charge is 0.446 e. The summed E-state index contributed by atoms with van der Waals surface area (Å²) in [6, 6.07) is 6.74. The molecule has 1 aromatic carbocycles. The smallest absolute Gasteiger partial charge is 0.198 e. The summed E-state index contributed by atoms with van der Waals surface area (Å²) in [4.78, 5) is 0.188. The molecule has 0 radical (unpaired) electrons. The van der Waals surface area contributed by atoms with Crippen molar-refractivity contribution in [3.8, 4) is 6.07 Å². The van der Waals surface area contributed by atoms with Crippen molar-refractivity contribution in [1.82, 2.24) is 0 Å². The van der Waals surface area contributed by atoms with Crippen LogP contribution in [0.2, 0.25) is 0 Å². The van der Waals surface area contributed by atoms with E-state index in [1.807, 2.05) is 13.0 Å². The van der Waals surface area contributed by atoms with Crippen LogP contribution in [0.3, 0.4) is 0 Å². The third-order valence-electron chi connectivity index (χ3n) is 1.95. The summed E-state index contributed by atoms with van der Waals surface area (Å²) in [7, 11) is 0. The average molecular weight is 245 g/mol. The first-order valence-corrected chi connectivity index (χ1v) is 5.46. The van der Waals surface area contributed by atoms with Gasteiger partial charge in [-0.3, -0.25) is 0 Å².